The van der Waals surface area contributed by atoms with Gasteiger partial charge in [0.2, 0.25) is 17.7 Å². The maximum absolute atomic E-state index is 5.48. The van der Waals surface area contributed by atoms with Crippen LogP contribution in [0.5, 0.6) is 0 Å². The number of aryl methyl sites for hydroxylation is 1. The summed E-state index contributed by atoms with van der Waals surface area (Å²) in [5.41, 5.74) is 0.945. The van der Waals surface area contributed by atoms with Crippen LogP contribution in [0.15, 0.2) is 34.7 Å². The summed E-state index contributed by atoms with van der Waals surface area (Å²) in [5.74, 6) is 2.58. The van der Waals surface area contributed by atoms with Gasteiger partial charge in [0, 0.05) is 19.4 Å². The van der Waals surface area contributed by atoms with Crippen LogP contribution >= 0.6 is 0 Å². The van der Waals surface area contributed by atoms with Crippen LogP contribution in [-0.4, -0.2) is 36.4 Å². The first kappa shape index (κ1) is 14.8. The van der Waals surface area contributed by atoms with Crippen molar-refractivity contribution in [2.45, 2.75) is 38.6 Å². The molecule has 0 aliphatic heterocycles. The van der Waals surface area contributed by atoms with E-state index >= 15 is 0 Å². The molecule has 1 aromatic carbocycles. The fourth-order valence-electron chi connectivity index (χ4n) is 3.26. The predicted octanol–water partition coefficient (Wildman–Crippen LogP) is 2.18. The average Bonchev–Trinajstić information content (AvgIpc) is 3.32. The number of hydrogen-bond donors (Lipinski definition) is 1. The Balaban J connectivity index is 1.40. The molecule has 8 heteroatoms. The third kappa shape index (κ3) is 3.12. The highest BCUT2D eigenvalue weighted by molar-refractivity contribution is 5.39. The summed E-state index contributed by atoms with van der Waals surface area (Å²) in [7, 11) is 0. The topological polar surface area (TPSA) is 94.5 Å². The third-order valence-corrected chi connectivity index (χ3v) is 4.38. The van der Waals surface area contributed by atoms with Gasteiger partial charge < -0.3 is 9.73 Å². The van der Waals surface area contributed by atoms with Gasteiger partial charge in [-0.15, -0.1) is 10.2 Å². The van der Waals surface area contributed by atoms with E-state index in [2.05, 4.69) is 31.0 Å². The molecule has 1 aliphatic rings. The van der Waals surface area contributed by atoms with E-state index in [-0.39, 0.29) is 0 Å². The van der Waals surface area contributed by atoms with E-state index in [1.807, 2.05) is 37.3 Å². The Morgan fingerprint density at radius 3 is 2.83 bits per heavy atom. The zero-order chi connectivity index (χ0) is 16.4. The second-order valence-electron chi connectivity index (χ2n) is 6.19. The van der Waals surface area contributed by atoms with E-state index in [9.17, 15) is 0 Å². The van der Waals surface area contributed by atoms with Gasteiger partial charge in [0.1, 0.15) is 0 Å². The molecule has 1 N–H and O–H groups in total. The van der Waals surface area contributed by atoms with Crippen molar-refractivity contribution in [1.29, 1.82) is 0 Å². The first-order valence-corrected chi connectivity index (χ1v) is 8.17. The van der Waals surface area contributed by atoms with Crippen molar-refractivity contribution in [2.75, 3.05) is 5.32 Å². The minimum atomic E-state index is 0.354. The second kappa shape index (κ2) is 6.38. The van der Waals surface area contributed by atoms with Crippen molar-refractivity contribution in [3.05, 3.63) is 42.1 Å². The Kier molecular flexibility index (Phi) is 3.94. The van der Waals surface area contributed by atoms with Gasteiger partial charge in [-0.2, -0.15) is 4.68 Å². The molecule has 4 rings (SSSR count). The molecule has 1 fully saturated rings. The number of aromatic nitrogens is 6. The smallest absolute Gasteiger partial charge is 0.247 e. The molecule has 1 aliphatic carbocycles. The van der Waals surface area contributed by atoms with E-state index < -0.39 is 0 Å². The Bertz CT molecular complexity index is 798. The molecule has 0 spiro atoms. The molecule has 124 valence electrons. The molecule has 1 saturated carbocycles. The Hall–Kier alpha value is -2.77. The minimum Gasteiger partial charge on any atom is -0.426 e. The molecule has 3 aromatic rings. The molecule has 8 nitrogen and oxygen atoms in total. The van der Waals surface area contributed by atoms with Crippen LogP contribution in [0.25, 0.3) is 5.69 Å². The van der Waals surface area contributed by atoms with E-state index in [0.717, 1.165) is 37.3 Å². The van der Waals surface area contributed by atoms with E-state index in [0.29, 0.717) is 23.8 Å². The van der Waals surface area contributed by atoms with Gasteiger partial charge in [0.15, 0.2) is 0 Å². The monoisotopic (exact) mass is 325 g/mol. The summed E-state index contributed by atoms with van der Waals surface area (Å²) in [4.78, 5) is 0. The minimum absolute atomic E-state index is 0.354. The number of benzene rings is 1. The first-order valence-electron chi connectivity index (χ1n) is 8.17. The molecule has 0 saturated heterocycles. The Morgan fingerprint density at radius 2 is 2.04 bits per heavy atom. The molecular formula is C16H19N7O. The zero-order valence-electron chi connectivity index (χ0n) is 13.5. The van der Waals surface area contributed by atoms with Crippen LogP contribution in [0.1, 0.15) is 31.0 Å². The van der Waals surface area contributed by atoms with Gasteiger partial charge in [-0.05, 0) is 47.7 Å². The van der Waals surface area contributed by atoms with Crippen LogP contribution < -0.4 is 5.32 Å². The van der Waals surface area contributed by atoms with Gasteiger partial charge in [-0.25, -0.2) is 0 Å². The molecule has 2 heterocycles. The zero-order valence-corrected chi connectivity index (χ0v) is 13.5. The maximum Gasteiger partial charge on any atom is 0.247 e. The molecule has 0 unspecified atom stereocenters. The lowest BCUT2D eigenvalue weighted by Gasteiger charge is -2.13. The number of anilines is 1. The van der Waals surface area contributed by atoms with Crippen LogP contribution in [0.2, 0.25) is 0 Å². The van der Waals surface area contributed by atoms with Crippen molar-refractivity contribution >= 4 is 5.95 Å². The maximum atomic E-state index is 5.48. The summed E-state index contributed by atoms with van der Waals surface area (Å²) < 4.78 is 7.22. The van der Waals surface area contributed by atoms with Crippen molar-refractivity contribution in [3.63, 3.8) is 0 Å². The van der Waals surface area contributed by atoms with Gasteiger partial charge in [-0.3, -0.25) is 0 Å². The van der Waals surface area contributed by atoms with Crippen LogP contribution in [0, 0.1) is 12.8 Å². The third-order valence-electron chi connectivity index (χ3n) is 4.38. The van der Waals surface area contributed by atoms with Crippen molar-refractivity contribution in [2.24, 2.45) is 5.92 Å². The largest absolute Gasteiger partial charge is 0.426 e. The number of para-hydroxylation sites is 1. The SMILES string of the molecule is Cc1nnc(C[C@@H]2CC[C@H](Nc3nnnn3-c3ccccc3)C2)o1. The van der Waals surface area contributed by atoms with Crippen LogP contribution in [0.4, 0.5) is 5.95 Å². The van der Waals surface area contributed by atoms with Gasteiger partial charge >= 0.3 is 0 Å². The van der Waals surface area contributed by atoms with Crippen molar-refractivity contribution in [1.82, 2.24) is 30.4 Å². The summed E-state index contributed by atoms with van der Waals surface area (Å²) in [5, 5.41) is 23.4. The molecule has 2 atom stereocenters. The van der Waals surface area contributed by atoms with Crippen LogP contribution in [0.3, 0.4) is 0 Å². The summed E-state index contributed by atoms with van der Waals surface area (Å²) in [6.07, 6.45) is 4.09. The predicted molar refractivity (Wildman–Crippen MR) is 86.6 cm³/mol. The summed E-state index contributed by atoms with van der Waals surface area (Å²) in [6.45, 7) is 1.82. The number of rotatable bonds is 5. The lowest BCUT2D eigenvalue weighted by Crippen LogP contribution is -2.19. The number of nitrogens with zero attached hydrogens (tertiary/aromatic N) is 6. The van der Waals surface area contributed by atoms with Crippen LogP contribution in [-0.2, 0) is 6.42 Å². The highest BCUT2D eigenvalue weighted by atomic mass is 16.4. The highest BCUT2D eigenvalue weighted by Crippen LogP contribution is 2.30. The average molecular weight is 325 g/mol. The Morgan fingerprint density at radius 1 is 1.17 bits per heavy atom. The number of tetrazole rings is 1. The standard InChI is InChI=1S/C16H19N7O/c1-11-18-19-15(24-11)10-12-7-8-13(9-12)17-16-20-21-22-23(16)14-5-3-2-4-6-14/h2-6,12-13H,7-10H2,1H3,(H,17,20,22)/t12-,13+/m1/s1. The van der Waals surface area contributed by atoms with Crippen molar-refractivity contribution < 1.29 is 4.42 Å². The fraction of sp³-hybridized carbons (Fsp3) is 0.438. The molecule has 24 heavy (non-hydrogen) atoms. The van der Waals surface area contributed by atoms with Gasteiger partial charge in [-0.1, -0.05) is 23.3 Å². The van der Waals surface area contributed by atoms with Gasteiger partial charge in [0.05, 0.1) is 5.69 Å². The van der Waals surface area contributed by atoms with E-state index in [1.54, 1.807) is 4.68 Å². The van der Waals surface area contributed by atoms with Crippen molar-refractivity contribution in [3.8, 4) is 5.69 Å². The summed E-state index contributed by atoms with van der Waals surface area (Å²) >= 11 is 0. The second-order valence-corrected chi connectivity index (χ2v) is 6.19. The summed E-state index contributed by atoms with van der Waals surface area (Å²) in [6, 6.07) is 10.2. The molecule has 0 bridgehead atoms. The number of hydrogen-bond acceptors (Lipinski definition) is 7. The quantitative estimate of drug-likeness (QED) is 0.768. The van der Waals surface area contributed by atoms with E-state index in [1.165, 1.54) is 0 Å². The van der Waals surface area contributed by atoms with Gasteiger partial charge in [0.25, 0.3) is 0 Å². The number of nitrogens with one attached hydrogen (secondary N) is 1. The molecule has 0 amide bonds. The lowest BCUT2D eigenvalue weighted by molar-refractivity contribution is 0.416. The molecule has 0 radical (unpaired) electrons. The highest BCUT2D eigenvalue weighted by Gasteiger charge is 2.27. The molecule has 2 aromatic heterocycles. The Labute approximate surface area is 139 Å². The lowest BCUT2D eigenvalue weighted by atomic mass is 10.0. The first-order chi connectivity index (χ1) is 11.8. The van der Waals surface area contributed by atoms with E-state index in [4.69, 9.17) is 4.42 Å². The normalized spacial score (nSPS) is 20.4. The fourth-order valence-corrected chi connectivity index (χ4v) is 3.26. The molecular weight excluding hydrogens is 306 g/mol.